The molecule has 1 heterocycles. The number of carbonyl (C=O) groups is 2. The standard InChI is InChI=1S/C28H35ClN4O4/c1-6-33-16-23(32-27(33)28(4,5)36)19-9-7-18(8-10-19)13-21(15-25(30)34)31-26(35)20-11-12-24(22(29)14-20)37-17(2)3/h7-12,14,16-17,21,36H,6,13,15H2,1-5H3,(H2,30,34)(H,31,35)/t21-/m0/s1. The van der Waals surface area contributed by atoms with Gasteiger partial charge in [0.25, 0.3) is 5.91 Å². The third kappa shape index (κ3) is 7.57. The van der Waals surface area contributed by atoms with Gasteiger partial charge in [0.05, 0.1) is 16.8 Å². The molecule has 4 N–H and O–H groups in total. The molecule has 9 heteroatoms. The maximum Gasteiger partial charge on any atom is 0.251 e. The van der Waals surface area contributed by atoms with E-state index in [0.29, 0.717) is 35.1 Å². The molecule has 0 saturated heterocycles. The normalized spacial score (nSPS) is 12.4. The minimum atomic E-state index is -1.06. The fourth-order valence-electron chi connectivity index (χ4n) is 4.06. The van der Waals surface area contributed by atoms with E-state index in [0.717, 1.165) is 16.8 Å². The number of aryl methyl sites for hydroxylation is 1. The van der Waals surface area contributed by atoms with Crippen LogP contribution in [0.3, 0.4) is 0 Å². The van der Waals surface area contributed by atoms with Crippen molar-refractivity contribution >= 4 is 23.4 Å². The van der Waals surface area contributed by atoms with E-state index in [1.807, 2.05) is 55.8 Å². The van der Waals surface area contributed by atoms with E-state index in [9.17, 15) is 14.7 Å². The quantitative estimate of drug-likeness (QED) is 0.341. The van der Waals surface area contributed by atoms with E-state index in [4.69, 9.17) is 22.1 Å². The van der Waals surface area contributed by atoms with Gasteiger partial charge in [-0.3, -0.25) is 9.59 Å². The van der Waals surface area contributed by atoms with Crippen LogP contribution in [0.4, 0.5) is 0 Å². The second-order valence-corrected chi connectivity index (χ2v) is 10.3. The van der Waals surface area contributed by atoms with Crippen LogP contribution in [0.2, 0.25) is 5.02 Å². The number of primary amides is 1. The Labute approximate surface area is 222 Å². The summed E-state index contributed by atoms with van der Waals surface area (Å²) >= 11 is 6.28. The summed E-state index contributed by atoms with van der Waals surface area (Å²) in [7, 11) is 0. The van der Waals surface area contributed by atoms with Crippen molar-refractivity contribution in [2.24, 2.45) is 5.73 Å². The van der Waals surface area contributed by atoms with Crippen molar-refractivity contribution in [3.63, 3.8) is 0 Å². The van der Waals surface area contributed by atoms with Gasteiger partial charge in [-0.05, 0) is 64.8 Å². The molecule has 1 aromatic heterocycles. The van der Waals surface area contributed by atoms with Gasteiger partial charge in [0.15, 0.2) is 0 Å². The fourth-order valence-corrected chi connectivity index (χ4v) is 4.28. The van der Waals surface area contributed by atoms with Gasteiger partial charge in [-0.1, -0.05) is 35.9 Å². The number of aromatic nitrogens is 2. The Balaban J connectivity index is 1.74. The minimum Gasteiger partial charge on any atom is -0.489 e. The molecule has 2 aromatic carbocycles. The number of nitrogens with two attached hydrogens (primary N) is 1. The maximum atomic E-state index is 12.9. The average Bonchev–Trinajstić information content (AvgIpc) is 3.25. The zero-order valence-electron chi connectivity index (χ0n) is 21.9. The minimum absolute atomic E-state index is 0.00832. The number of rotatable bonds is 11. The summed E-state index contributed by atoms with van der Waals surface area (Å²) in [6.45, 7) is 9.90. The molecule has 0 unspecified atom stereocenters. The van der Waals surface area contributed by atoms with Gasteiger partial charge in [0.1, 0.15) is 17.2 Å². The van der Waals surface area contributed by atoms with Crippen molar-refractivity contribution in [3.8, 4) is 17.0 Å². The summed E-state index contributed by atoms with van der Waals surface area (Å²) in [5.74, 6) is 0.234. The molecule has 0 aliphatic carbocycles. The highest BCUT2D eigenvalue weighted by atomic mass is 35.5. The van der Waals surface area contributed by atoms with Crippen LogP contribution >= 0.6 is 11.6 Å². The highest BCUT2D eigenvalue weighted by molar-refractivity contribution is 6.32. The number of hydrogen-bond acceptors (Lipinski definition) is 5. The second-order valence-electron chi connectivity index (χ2n) is 9.85. The zero-order valence-corrected chi connectivity index (χ0v) is 22.7. The Kier molecular flexibility index (Phi) is 8.99. The zero-order chi connectivity index (χ0) is 27.3. The molecule has 0 fully saturated rings. The first-order chi connectivity index (χ1) is 17.4. The first-order valence-corrected chi connectivity index (χ1v) is 12.7. The first-order valence-electron chi connectivity index (χ1n) is 12.3. The molecule has 0 aliphatic heterocycles. The van der Waals surface area contributed by atoms with E-state index < -0.39 is 17.6 Å². The van der Waals surface area contributed by atoms with Crippen molar-refractivity contribution in [2.75, 3.05) is 0 Å². The van der Waals surface area contributed by atoms with Crippen LogP contribution in [0.1, 0.15) is 62.8 Å². The lowest BCUT2D eigenvalue weighted by molar-refractivity contribution is -0.118. The Morgan fingerprint density at radius 3 is 2.38 bits per heavy atom. The molecular formula is C28H35ClN4O4. The number of amides is 2. The summed E-state index contributed by atoms with van der Waals surface area (Å²) in [6.07, 6.45) is 2.27. The average molecular weight is 527 g/mol. The van der Waals surface area contributed by atoms with E-state index in [1.54, 1.807) is 32.0 Å². The van der Waals surface area contributed by atoms with Gasteiger partial charge in [0, 0.05) is 36.3 Å². The highest BCUT2D eigenvalue weighted by Crippen LogP contribution is 2.27. The molecule has 37 heavy (non-hydrogen) atoms. The van der Waals surface area contributed by atoms with Crippen molar-refractivity contribution in [1.29, 1.82) is 0 Å². The van der Waals surface area contributed by atoms with Crippen LogP contribution in [0, 0.1) is 0 Å². The molecule has 8 nitrogen and oxygen atoms in total. The molecule has 0 saturated carbocycles. The van der Waals surface area contributed by atoms with Crippen LogP contribution in [-0.4, -0.2) is 38.6 Å². The molecular weight excluding hydrogens is 492 g/mol. The number of nitrogens with zero attached hydrogens (tertiary/aromatic N) is 2. The summed E-state index contributed by atoms with van der Waals surface area (Å²) < 4.78 is 7.55. The SMILES string of the molecule is CCn1cc(-c2ccc(C[C@@H](CC(N)=O)NC(=O)c3ccc(OC(C)C)c(Cl)c3)cc2)nc1C(C)(C)O. The Morgan fingerprint density at radius 1 is 1.19 bits per heavy atom. The predicted molar refractivity (Wildman–Crippen MR) is 145 cm³/mol. The number of hydrogen-bond donors (Lipinski definition) is 3. The van der Waals surface area contributed by atoms with Crippen LogP contribution < -0.4 is 15.8 Å². The molecule has 0 aliphatic rings. The van der Waals surface area contributed by atoms with Crippen LogP contribution in [-0.2, 0) is 23.4 Å². The lowest BCUT2D eigenvalue weighted by Crippen LogP contribution is -2.39. The second kappa shape index (κ2) is 11.8. The molecule has 0 radical (unpaired) electrons. The molecule has 3 rings (SSSR count). The number of benzene rings is 2. The predicted octanol–water partition coefficient (Wildman–Crippen LogP) is 4.45. The third-order valence-corrected chi connectivity index (χ3v) is 6.03. The monoisotopic (exact) mass is 526 g/mol. The molecule has 2 amide bonds. The van der Waals surface area contributed by atoms with Crippen molar-refractivity contribution < 1.29 is 19.4 Å². The number of halogens is 1. The van der Waals surface area contributed by atoms with Gasteiger partial charge < -0.3 is 25.5 Å². The summed E-state index contributed by atoms with van der Waals surface area (Å²) in [5.41, 5.74) is 7.34. The summed E-state index contributed by atoms with van der Waals surface area (Å²) in [6, 6.07) is 12.1. The molecule has 0 bridgehead atoms. The van der Waals surface area contributed by atoms with Gasteiger partial charge in [-0.15, -0.1) is 0 Å². The first kappa shape index (κ1) is 28.2. The highest BCUT2D eigenvalue weighted by Gasteiger charge is 2.24. The molecule has 198 valence electrons. The Bertz CT molecular complexity index is 1250. The van der Waals surface area contributed by atoms with Crippen molar-refractivity contribution in [1.82, 2.24) is 14.9 Å². The van der Waals surface area contributed by atoms with Crippen LogP contribution in [0.15, 0.2) is 48.7 Å². The molecule has 0 spiro atoms. The maximum absolute atomic E-state index is 12.9. The topological polar surface area (TPSA) is 119 Å². The largest absolute Gasteiger partial charge is 0.489 e. The summed E-state index contributed by atoms with van der Waals surface area (Å²) in [4.78, 5) is 29.2. The molecule has 3 aromatic rings. The smallest absolute Gasteiger partial charge is 0.251 e. The Morgan fingerprint density at radius 2 is 1.86 bits per heavy atom. The van der Waals surface area contributed by atoms with E-state index in [1.165, 1.54) is 0 Å². The van der Waals surface area contributed by atoms with Gasteiger partial charge >= 0.3 is 0 Å². The van der Waals surface area contributed by atoms with E-state index >= 15 is 0 Å². The lowest BCUT2D eigenvalue weighted by atomic mass is 10.0. The van der Waals surface area contributed by atoms with Crippen LogP contribution in [0.5, 0.6) is 5.75 Å². The number of nitrogens with one attached hydrogen (secondary N) is 1. The fraction of sp³-hybridized carbons (Fsp3) is 0.393. The van der Waals surface area contributed by atoms with E-state index in [-0.39, 0.29) is 18.4 Å². The Hall–Kier alpha value is -3.36. The molecule has 1 atom stereocenters. The van der Waals surface area contributed by atoms with Gasteiger partial charge in [-0.25, -0.2) is 4.98 Å². The van der Waals surface area contributed by atoms with Gasteiger partial charge in [-0.2, -0.15) is 0 Å². The number of imidazole rings is 1. The number of aliphatic hydroxyl groups is 1. The number of ether oxygens (including phenoxy) is 1. The van der Waals surface area contributed by atoms with Crippen molar-refractivity contribution in [2.45, 2.75) is 71.8 Å². The lowest BCUT2D eigenvalue weighted by Gasteiger charge is -2.18. The van der Waals surface area contributed by atoms with Gasteiger partial charge in [0.2, 0.25) is 5.91 Å². The van der Waals surface area contributed by atoms with E-state index in [2.05, 4.69) is 10.3 Å². The summed E-state index contributed by atoms with van der Waals surface area (Å²) in [5, 5.41) is 13.7. The number of carbonyl (C=O) groups excluding carboxylic acids is 2. The van der Waals surface area contributed by atoms with Crippen LogP contribution in [0.25, 0.3) is 11.3 Å². The van der Waals surface area contributed by atoms with Crippen molar-refractivity contribution in [3.05, 3.63) is 70.6 Å². The third-order valence-electron chi connectivity index (χ3n) is 5.74.